The number of aryl methyl sites for hydroxylation is 1. The monoisotopic (exact) mass is 463 g/mol. The van der Waals surface area contributed by atoms with Gasteiger partial charge in [-0.05, 0) is 42.7 Å². The van der Waals surface area contributed by atoms with Crippen molar-refractivity contribution in [3.05, 3.63) is 64.7 Å². The van der Waals surface area contributed by atoms with Crippen LogP contribution in [0.2, 0.25) is 5.02 Å². The lowest BCUT2D eigenvalue weighted by Gasteiger charge is -2.47. The highest BCUT2D eigenvalue weighted by molar-refractivity contribution is 7.88. The molecule has 2 amide bonds. The van der Waals surface area contributed by atoms with Gasteiger partial charge in [-0.15, -0.1) is 0 Å². The van der Waals surface area contributed by atoms with E-state index in [2.05, 4.69) is 5.32 Å². The lowest BCUT2D eigenvalue weighted by Crippen LogP contribution is -2.70. The molecule has 9 heteroatoms. The SMILES string of the molecule is CCc1ccccc1N1C(=O)CN(S(C)(=O)=O)C[C@@]1(C)C(=O)NCc1ccc(Cl)cc1. The molecule has 0 spiro atoms. The number of hydrogen-bond donors (Lipinski definition) is 1. The Labute approximate surface area is 188 Å². The molecule has 0 bridgehead atoms. The zero-order valence-electron chi connectivity index (χ0n) is 17.8. The quantitative estimate of drug-likeness (QED) is 0.713. The number of sulfonamides is 1. The highest BCUT2D eigenvalue weighted by Gasteiger charge is 2.50. The fraction of sp³-hybridized carbons (Fsp3) is 0.364. The summed E-state index contributed by atoms with van der Waals surface area (Å²) in [6, 6.07) is 14.4. The number of benzene rings is 2. The highest BCUT2D eigenvalue weighted by atomic mass is 35.5. The van der Waals surface area contributed by atoms with Crippen LogP contribution in [0, 0.1) is 0 Å². The number of halogens is 1. The zero-order valence-corrected chi connectivity index (χ0v) is 19.3. The molecule has 1 N–H and O–H groups in total. The molecule has 0 radical (unpaired) electrons. The van der Waals surface area contributed by atoms with Gasteiger partial charge in [0, 0.05) is 23.8 Å². The summed E-state index contributed by atoms with van der Waals surface area (Å²) in [4.78, 5) is 28.0. The van der Waals surface area contributed by atoms with Crippen LogP contribution in [0.5, 0.6) is 0 Å². The highest BCUT2D eigenvalue weighted by Crippen LogP contribution is 2.33. The molecule has 1 heterocycles. The third-order valence-corrected chi connectivity index (χ3v) is 6.92. The fourth-order valence-corrected chi connectivity index (χ4v) is 4.73. The minimum atomic E-state index is -3.67. The van der Waals surface area contributed by atoms with E-state index in [4.69, 9.17) is 11.6 Å². The third kappa shape index (κ3) is 4.92. The fourth-order valence-electron chi connectivity index (χ4n) is 3.78. The van der Waals surface area contributed by atoms with Gasteiger partial charge in [-0.3, -0.25) is 14.5 Å². The molecule has 1 aliphatic heterocycles. The standard InChI is InChI=1S/C22H26ClN3O4S/c1-4-17-7-5-6-8-19(17)26-20(27)14-25(31(3,29)30)15-22(26,2)21(28)24-13-16-9-11-18(23)12-10-16/h5-12H,4,13-15H2,1-3H3,(H,24,28)/t22-/m0/s1. The maximum absolute atomic E-state index is 13.4. The first kappa shape index (κ1) is 23.2. The van der Waals surface area contributed by atoms with Crippen LogP contribution in [0.4, 0.5) is 5.69 Å². The predicted octanol–water partition coefficient (Wildman–Crippen LogP) is 2.59. The molecule has 1 aliphatic rings. The molecular weight excluding hydrogens is 438 g/mol. The lowest BCUT2D eigenvalue weighted by molar-refractivity contribution is -0.133. The molecule has 1 atom stereocenters. The predicted molar refractivity (Wildman–Crippen MR) is 121 cm³/mol. The first-order valence-corrected chi connectivity index (χ1v) is 12.2. The van der Waals surface area contributed by atoms with Crippen molar-refractivity contribution in [2.75, 3.05) is 24.2 Å². The zero-order chi connectivity index (χ0) is 22.8. The minimum absolute atomic E-state index is 0.137. The van der Waals surface area contributed by atoms with Gasteiger partial charge in [-0.1, -0.05) is 48.9 Å². The smallest absolute Gasteiger partial charge is 0.247 e. The van der Waals surface area contributed by atoms with Gasteiger partial charge in [0.2, 0.25) is 21.8 Å². The first-order chi connectivity index (χ1) is 14.6. The van der Waals surface area contributed by atoms with Crippen LogP contribution in [0.25, 0.3) is 0 Å². The summed E-state index contributed by atoms with van der Waals surface area (Å²) in [6.45, 7) is 3.35. The molecular formula is C22H26ClN3O4S. The third-order valence-electron chi connectivity index (χ3n) is 5.48. The van der Waals surface area contributed by atoms with Crippen molar-refractivity contribution in [3.63, 3.8) is 0 Å². The molecule has 7 nitrogen and oxygen atoms in total. The second-order valence-corrected chi connectivity index (χ2v) is 10.2. The van der Waals surface area contributed by atoms with Crippen molar-refractivity contribution >= 4 is 39.1 Å². The second-order valence-electron chi connectivity index (χ2n) is 7.83. The molecule has 0 unspecified atom stereocenters. The average molecular weight is 464 g/mol. The van der Waals surface area contributed by atoms with Crippen LogP contribution in [0.1, 0.15) is 25.0 Å². The normalized spacial score (nSPS) is 20.0. The van der Waals surface area contributed by atoms with Gasteiger partial charge < -0.3 is 5.32 Å². The summed E-state index contributed by atoms with van der Waals surface area (Å²) < 4.78 is 25.5. The van der Waals surface area contributed by atoms with Gasteiger partial charge >= 0.3 is 0 Å². The van der Waals surface area contributed by atoms with Crippen LogP contribution in [-0.4, -0.2) is 49.4 Å². The van der Waals surface area contributed by atoms with E-state index in [9.17, 15) is 18.0 Å². The Morgan fingerprint density at radius 2 is 1.81 bits per heavy atom. The summed E-state index contributed by atoms with van der Waals surface area (Å²) in [5, 5.41) is 3.45. The van der Waals surface area contributed by atoms with Crippen LogP contribution >= 0.6 is 11.6 Å². The van der Waals surface area contributed by atoms with E-state index in [0.717, 1.165) is 21.7 Å². The van der Waals surface area contributed by atoms with E-state index in [0.29, 0.717) is 17.1 Å². The summed E-state index contributed by atoms with van der Waals surface area (Å²) in [7, 11) is -3.67. The number of hydrogen-bond acceptors (Lipinski definition) is 4. The van der Waals surface area contributed by atoms with Crippen molar-refractivity contribution in [2.24, 2.45) is 0 Å². The molecule has 2 aromatic carbocycles. The molecule has 1 fully saturated rings. The Morgan fingerprint density at radius 3 is 2.42 bits per heavy atom. The van der Waals surface area contributed by atoms with E-state index in [1.807, 2.05) is 19.1 Å². The molecule has 3 rings (SSSR count). The van der Waals surface area contributed by atoms with Gasteiger partial charge in [0.1, 0.15) is 5.54 Å². The van der Waals surface area contributed by atoms with E-state index < -0.39 is 27.4 Å². The lowest BCUT2D eigenvalue weighted by atomic mass is 9.93. The van der Waals surface area contributed by atoms with Crippen molar-refractivity contribution in [1.29, 1.82) is 0 Å². The molecule has 0 aromatic heterocycles. The first-order valence-electron chi connectivity index (χ1n) is 9.95. The Morgan fingerprint density at radius 1 is 1.16 bits per heavy atom. The molecule has 0 aliphatic carbocycles. The maximum atomic E-state index is 13.4. The number of anilines is 1. The Bertz CT molecular complexity index is 1090. The van der Waals surface area contributed by atoms with Crippen LogP contribution in [0.3, 0.4) is 0 Å². The van der Waals surface area contributed by atoms with Gasteiger partial charge in [0.15, 0.2) is 0 Å². The molecule has 0 saturated carbocycles. The van der Waals surface area contributed by atoms with Gasteiger partial charge in [0.05, 0.1) is 12.8 Å². The summed E-state index contributed by atoms with van der Waals surface area (Å²) >= 11 is 5.91. The number of nitrogens with one attached hydrogen (secondary N) is 1. The average Bonchev–Trinajstić information content (AvgIpc) is 2.72. The molecule has 31 heavy (non-hydrogen) atoms. The summed E-state index contributed by atoms with van der Waals surface area (Å²) in [5.41, 5.74) is 0.937. The Hall–Kier alpha value is -2.42. The summed E-state index contributed by atoms with van der Waals surface area (Å²) in [6.07, 6.45) is 1.71. The van der Waals surface area contributed by atoms with Crippen molar-refractivity contribution in [3.8, 4) is 0 Å². The summed E-state index contributed by atoms with van der Waals surface area (Å²) in [5.74, 6) is -0.878. The van der Waals surface area contributed by atoms with Gasteiger partial charge in [-0.25, -0.2) is 8.42 Å². The van der Waals surface area contributed by atoms with E-state index in [-0.39, 0.29) is 19.6 Å². The number of nitrogens with zero attached hydrogens (tertiary/aromatic N) is 2. The minimum Gasteiger partial charge on any atom is -0.350 e. The Kier molecular flexibility index (Phi) is 6.73. The molecule has 1 saturated heterocycles. The maximum Gasteiger partial charge on any atom is 0.247 e. The van der Waals surface area contributed by atoms with E-state index in [1.165, 1.54) is 4.90 Å². The number of piperazine rings is 1. The molecule has 166 valence electrons. The van der Waals surface area contributed by atoms with Gasteiger partial charge in [-0.2, -0.15) is 4.31 Å². The van der Waals surface area contributed by atoms with Crippen LogP contribution in [0.15, 0.2) is 48.5 Å². The number of amides is 2. The number of para-hydroxylation sites is 1. The van der Waals surface area contributed by atoms with Gasteiger partial charge in [0.25, 0.3) is 0 Å². The molecule has 2 aromatic rings. The Balaban J connectivity index is 1.98. The largest absolute Gasteiger partial charge is 0.350 e. The van der Waals surface area contributed by atoms with Crippen molar-refractivity contribution < 1.29 is 18.0 Å². The second kappa shape index (κ2) is 8.98. The van der Waals surface area contributed by atoms with Crippen molar-refractivity contribution in [2.45, 2.75) is 32.4 Å². The van der Waals surface area contributed by atoms with E-state index >= 15 is 0 Å². The van der Waals surface area contributed by atoms with Crippen molar-refractivity contribution in [1.82, 2.24) is 9.62 Å². The van der Waals surface area contributed by atoms with Crippen LogP contribution in [-0.2, 0) is 32.6 Å². The number of rotatable bonds is 6. The topological polar surface area (TPSA) is 86.8 Å². The van der Waals surface area contributed by atoms with Crippen LogP contribution < -0.4 is 10.2 Å². The number of carbonyl (C=O) groups is 2. The van der Waals surface area contributed by atoms with E-state index in [1.54, 1.807) is 43.3 Å². The number of carbonyl (C=O) groups excluding carboxylic acids is 2.